The lowest BCUT2D eigenvalue weighted by Crippen LogP contribution is -2.45. The van der Waals surface area contributed by atoms with E-state index in [-0.39, 0.29) is 0 Å². The Morgan fingerprint density at radius 3 is 2.27 bits per heavy atom. The van der Waals surface area contributed by atoms with Crippen molar-refractivity contribution in [1.29, 1.82) is 0 Å². The molecule has 0 aliphatic carbocycles. The minimum atomic E-state index is 0.305. The highest BCUT2D eigenvalue weighted by molar-refractivity contribution is 5.03. The van der Waals surface area contributed by atoms with E-state index in [1.54, 1.807) is 0 Å². The average Bonchev–Trinajstić information content (AvgIpc) is 3.10. The molecule has 0 spiro atoms. The summed E-state index contributed by atoms with van der Waals surface area (Å²) in [6.45, 7) is 11.6. The van der Waals surface area contributed by atoms with Crippen molar-refractivity contribution in [2.45, 2.75) is 39.8 Å². The van der Waals surface area contributed by atoms with E-state index in [1.807, 2.05) is 13.0 Å². The normalized spacial score (nSPS) is 17.5. The number of aryl methyl sites for hydroxylation is 1. The van der Waals surface area contributed by atoms with Gasteiger partial charge in [0, 0.05) is 38.2 Å². The minimum absolute atomic E-state index is 0.305. The van der Waals surface area contributed by atoms with E-state index in [4.69, 9.17) is 9.05 Å². The molecule has 0 N–H and O–H groups in total. The molecule has 0 atom stereocenters. The number of nitrogens with zero attached hydrogens (tertiary/aromatic N) is 5. The van der Waals surface area contributed by atoms with E-state index in [1.165, 1.54) is 0 Å². The Labute approximate surface area is 130 Å². The van der Waals surface area contributed by atoms with Gasteiger partial charge in [0.2, 0.25) is 5.89 Å². The summed E-state index contributed by atoms with van der Waals surface area (Å²) in [6, 6.07) is 2.00. The van der Waals surface area contributed by atoms with Crippen molar-refractivity contribution in [2.75, 3.05) is 26.2 Å². The summed E-state index contributed by atoms with van der Waals surface area (Å²) in [6.07, 6.45) is 0. The molecule has 3 rings (SSSR count). The zero-order valence-corrected chi connectivity index (χ0v) is 13.4. The number of piperazine rings is 1. The quantitative estimate of drug-likeness (QED) is 0.834. The first kappa shape index (κ1) is 15.2. The van der Waals surface area contributed by atoms with Gasteiger partial charge < -0.3 is 9.05 Å². The van der Waals surface area contributed by atoms with Gasteiger partial charge in [-0.2, -0.15) is 4.98 Å². The molecule has 3 heterocycles. The Morgan fingerprint density at radius 1 is 1.05 bits per heavy atom. The van der Waals surface area contributed by atoms with Crippen LogP contribution in [0.5, 0.6) is 0 Å². The lowest BCUT2D eigenvalue weighted by atomic mass is 10.2. The fraction of sp³-hybridized carbons (Fsp3) is 0.667. The molecule has 120 valence electrons. The molecule has 0 radical (unpaired) electrons. The van der Waals surface area contributed by atoms with Gasteiger partial charge in [0.1, 0.15) is 0 Å². The Morgan fingerprint density at radius 2 is 1.73 bits per heavy atom. The Hall–Kier alpha value is -1.73. The van der Waals surface area contributed by atoms with Crippen LogP contribution in [-0.2, 0) is 13.1 Å². The molecule has 0 amide bonds. The third-order valence-corrected chi connectivity index (χ3v) is 3.88. The second kappa shape index (κ2) is 6.58. The van der Waals surface area contributed by atoms with Crippen LogP contribution in [-0.4, -0.2) is 51.3 Å². The summed E-state index contributed by atoms with van der Waals surface area (Å²) in [7, 11) is 0. The molecule has 7 nitrogen and oxygen atoms in total. The molecule has 22 heavy (non-hydrogen) atoms. The van der Waals surface area contributed by atoms with Gasteiger partial charge in [-0.3, -0.25) is 9.80 Å². The van der Waals surface area contributed by atoms with Crippen LogP contribution in [0.4, 0.5) is 0 Å². The highest BCUT2D eigenvalue weighted by Gasteiger charge is 2.20. The smallest absolute Gasteiger partial charge is 0.240 e. The van der Waals surface area contributed by atoms with Gasteiger partial charge >= 0.3 is 0 Å². The van der Waals surface area contributed by atoms with Gasteiger partial charge in [0.15, 0.2) is 11.6 Å². The van der Waals surface area contributed by atoms with Crippen LogP contribution in [0.3, 0.4) is 0 Å². The van der Waals surface area contributed by atoms with Crippen LogP contribution in [0.25, 0.3) is 0 Å². The summed E-state index contributed by atoms with van der Waals surface area (Å²) >= 11 is 0. The highest BCUT2D eigenvalue weighted by atomic mass is 16.5. The van der Waals surface area contributed by atoms with Crippen LogP contribution in [0.15, 0.2) is 15.1 Å². The van der Waals surface area contributed by atoms with E-state index < -0.39 is 0 Å². The molecule has 1 fully saturated rings. The van der Waals surface area contributed by atoms with E-state index in [2.05, 4.69) is 38.9 Å². The molecule has 1 aliphatic heterocycles. The molecule has 1 saturated heterocycles. The predicted molar refractivity (Wildman–Crippen MR) is 80.2 cm³/mol. The SMILES string of the molecule is Cc1cc(CN2CCN(Cc3nc(C(C)C)no3)CC2)on1. The van der Waals surface area contributed by atoms with E-state index >= 15 is 0 Å². The molecule has 2 aromatic heterocycles. The van der Waals surface area contributed by atoms with Gasteiger partial charge in [-0.15, -0.1) is 0 Å². The van der Waals surface area contributed by atoms with Crippen molar-refractivity contribution in [2.24, 2.45) is 0 Å². The third-order valence-electron chi connectivity index (χ3n) is 3.88. The van der Waals surface area contributed by atoms with Crippen molar-refractivity contribution in [3.63, 3.8) is 0 Å². The van der Waals surface area contributed by atoms with Crippen molar-refractivity contribution in [3.8, 4) is 0 Å². The Kier molecular flexibility index (Phi) is 4.54. The highest BCUT2D eigenvalue weighted by Crippen LogP contribution is 2.13. The molecule has 1 aliphatic rings. The van der Waals surface area contributed by atoms with Crippen molar-refractivity contribution in [1.82, 2.24) is 25.1 Å². The van der Waals surface area contributed by atoms with Gasteiger partial charge in [-0.1, -0.05) is 24.2 Å². The van der Waals surface area contributed by atoms with Crippen LogP contribution in [0, 0.1) is 6.92 Å². The van der Waals surface area contributed by atoms with E-state index in [0.717, 1.165) is 56.5 Å². The zero-order valence-electron chi connectivity index (χ0n) is 13.4. The Bertz CT molecular complexity index is 599. The molecule has 0 saturated carbocycles. The lowest BCUT2D eigenvalue weighted by molar-refractivity contribution is 0.105. The molecule has 2 aromatic rings. The topological polar surface area (TPSA) is 71.4 Å². The lowest BCUT2D eigenvalue weighted by Gasteiger charge is -2.33. The summed E-state index contributed by atoms with van der Waals surface area (Å²) in [5, 5.41) is 7.94. The maximum atomic E-state index is 5.31. The van der Waals surface area contributed by atoms with Gasteiger partial charge in [0.05, 0.1) is 18.8 Å². The number of rotatable bonds is 5. The molecule has 0 unspecified atom stereocenters. The first-order valence-corrected chi connectivity index (χ1v) is 7.79. The second-order valence-corrected chi connectivity index (χ2v) is 6.19. The van der Waals surface area contributed by atoms with Crippen LogP contribution >= 0.6 is 0 Å². The second-order valence-electron chi connectivity index (χ2n) is 6.19. The molecule has 0 aromatic carbocycles. The van der Waals surface area contributed by atoms with Crippen molar-refractivity contribution >= 4 is 0 Å². The number of hydrogen-bond acceptors (Lipinski definition) is 7. The maximum Gasteiger partial charge on any atom is 0.240 e. The fourth-order valence-electron chi connectivity index (χ4n) is 2.57. The largest absolute Gasteiger partial charge is 0.360 e. The number of aromatic nitrogens is 3. The standard InChI is InChI=1S/C15H23N5O2/c1-11(2)15-16-14(22-18-15)10-20-6-4-19(5-7-20)9-13-8-12(3)17-21-13/h8,11H,4-7,9-10H2,1-3H3. The van der Waals surface area contributed by atoms with Crippen molar-refractivity contribution in [3.05, 3.63) is 29.2 Å². The molecule has 0 bridgehead atoms. The van der Waals surface area contributed by atoms with Crippen molar-refractivity contribution < 1.29 is 9.05 Å². The van der Waals surface area contributed by atoms with Crippen LogP contribution in [0.1, 0.15) is 42.9 Å². The fourth-order valence-corrected chi connectivity index (χ4v) is 2.57. The maximum absolute atomic E-state index is 5.31. The van der Waals surface area contributed by atoms with Gasteiger partial charge in [-0.25, -0.2) is 0 Å². The van der Waals surface area contributed by atoms with Crippen LogP contribution in [0.2, 0.25) is 0 Å². The minimum Gasteiger partial charge on any atom is -0.360 e. The van der Waals surface area contributed by atoms with Gasteiger partial charge in [-0.05, 0) is 6.92 Å². The average molecular weight is 305 g/mol. The summed E-state index contributed by atoms with van der Waals surface area (Å²) in [4.78, 5) is 9.16. The predicted octanol–water partition coefficient (Wildman–Crippen LogP) is 1.81. The molecular weight excluding hydrogens is 282 g/mol. The van der Waals surface area contributed by atoms with E-state index in [0.29, 0.717) is 11.8 Å². The molecular formula is C15H23N5O2. The summed E-state index contributed by atoms with van der Waals surface area (Å²) in [5.74, 6) is 2.74. The van der Waals surface area contributed by atoms with Gasteiger partial charge in [0.25, 0.3) is 0 Å². The first-order chi connectivity index (χ1) is 10.6. The van der Waals surface area contributed by atoms with Crippen LogP contribution < -0.4 is 0 Å². The first-order valence-electron chi connectivity index (χ1n) is 7.79. The number of hydrogen-bond donors (Lipinski definition) is 0. The monoisotopic (exact) mass is 305 g/mol. The molecule has 7 heteroatoms. The summed E-state index contributed by atoms with van der Waals surface area (Å²) < 4.78 is 10.6. The zero-order chi connectivity index (χ0) is 15.5. The third kappa shape index (κ3) is 3.72. The summed E-state index contributed by atoms with van der Waals surface area (Å²) in [5.41, 5.74) is 0.936. The van der Waals surface area contributed by atoms with E-state index in [9.17, 15) is 0 Å². The Balaban J connectivity index is 1.47.